The Hall–Kier alpha value is -1.59. The number of hydrogen-bond donors (Lipinski definition) is 0. The van der Waals surface area contributed by atoms with E-state index in [0.717, 1.165) is 75.5 Å². The number of unbranched alkanes of at least 4 members (excludes halogenated alkanes) is 43. The van der Waals surface area contributed by atoms with E-state index in [4.69, 9.17) is 14.2 Å². The highest BCUT2D eigenvalue weighted by Crippen LogP contribution is 2.19. The molecule has 0 N–H and O–H groups in total. The van der Waals surface area contributed by atoms with Gasteiger partial charge in [0.25, 0.3) is 0 Å². The van der Waals surface area contributed by atoms with Gasteiger partial charge in [-0.15, -0.1) is 0 Å². The van der Waals surface area contributed by atoms with Crippen molar-refractivity contribution in [2.24, 2.45) is 17.8 Å². The first-order chi connectivity index (χ1) is 35.6. The van der Waals surface area contributed by atoms with Crippen LogP contribution < -0.4 is 0 Å². The summed E-state index contributed by atoms with van der Waals surface area (Å²) in [4.78, 5) is 38.4. The highest BCUT2D eigenvalue weighted by molar-refractivity contribution is 5.71. The minimum absolute atomic E-state index is 0.0622. The monoisotopic (exact) mass is 1030 g/mol. The van der Waals surface area contributed by atoms with Crippen molar-refractivity contribution in [2.75, 3.05) is 13.2 Å². The lowest BCUT2D eigenvalue weighted by atomic mass is 10.0. The molecule has 0 aliphatic carbocycles. The molecule has 0 amide bonds. The van der Waals surface area contributed by atoms with E-state index < -0.39 is 6.10 Å². The molecule has 0 unspecified atom stereocenters. The molecular weight excluding hydrogens is 901 g/mol. The topological polar surface area (TPSA) is 78.9 Å². The summed E-state index contributed by atoms with van der Waals surface area (Å²) in [5.41, 5.74) is 0. The fraction of sp³-hybridized carbons (Fsp3) is 0.955. The maximum atomic E-state index is 12.9. The van der Waals surface area contributed by atoms with Crippen molar-refractivity contribution < 1.29 is 28.6 Å². The summed E-state index contributed by atoms with van der Waals surface area (Å²) in [7, 11) is 0. The Morgan fingerprint density at radius 3 is 0.589 bits per heavy atom. The Morgan fingerprint density at radius 2 is 0.397 bits per heavy atom. The maximum absolute atomic E-state index is 12.9. The summed E-state index contributed by atoms with van der Waals surface area (Å²) >= 11 is 0. The molecule has 0 fully saturated rings. The normalized spacial score (nSPS) is 12.1. The molecule has 0 saturated carbocycles. The second kappa shape index (κ2) is 58.1. The van der Waals surface area contributed by atoms with Crippen LogP contribution in [0.4, 0.5) is 0 Å². The summed E-state index contributed by atoms with van der Waals surface area (Å²) < 4.78 is 17.0. The molecule has 434 valence electrons. The largest absolute Gasteiger partial charge is 0.462 e. The van der Waals surface area contributed by atoms with Crippen LogP contribution in [0.5, 0.6) is 0 Å². The third-order valence-electron chi connectivity index (χ3n) is 15.4. The molecule has 1 atom stereocenters. The van der Waals surface area contributed by atoms with Gasteiger partial charge in [0.1, 0.15) is 13.2 Å². The summed E-state index contributed by atoms with van der Waals surface area (Å²) in [6.45, 7) is 13.8. The number of esters is 3. The molecule has 0 aliphatic rings. The van der Waals surface area contributed by atoms with E-state index in [2.05, 4.69) is 41.5 Å². The van der Waals surface area contributed by atoms with Crippen LogP contribution in [0.25, 0.3) is 0 Å². The van der Waals surface area contributed by atoms with E-state index in [0.29, 0.717) is 19.3 Å². The average Bonchev–Trinajstić information content (AvgIpc) is 3.35. The van der Waals surface area contributed by atoms with E-state index in [1.807, 2.05) is 0 Å². The molecule has 0 bridgehead atoms. The Kier molecular flexibility index (Phi) is 56.8. The molecule has 0 aromatic rings. The van der Waals surface area contributed by atoms with E-state index in [9.17, 15) is 14.4 Å². The highest BCUT2D eigenvalue weighted by Gasteiger charge is 2.19. The molecular formula is C67H130O6. The van der Waals surface area contributed by atoms with Crippen LogP contribution in [0.1, 0.15) is 375 Å². The Morgan fingerprint density at radius 1 is 0.233 bits per heavy atom. The number of carbonyl (C=O) groups is 3. The van der Waals surface area contributed by atoms with Crippen LogP contribution >= 0.6 is 0 Å². The van der Waals surface area contributed by atoms with Crippen LogP contribution in [0.3, 0.4) is 0 Å². The zero-order valence-corrected chi connectivity index (χ0v) is 50.4. The van der Waals surface area contributed by atoms with Gasteiger partial charge in [0.2, 0.25) is 0 Å². The number of carbonyl (C=O) groups excluding carboxylic acids is 3. The Bertz CT molecular complexity index is 1130. The molecule has 0 heterocycles. The lowest BCUT2D eigenvalue weighted by Crippen LogP contribution is -2.30. The number of hydrogen-bond acceptors (Lipinski definition) is 6. The molecule has 0 spiro atoms. The van der Waals surface area contributed by atoms with Crippen LogP contribution in [0.15, 0.2) is 0 Å². The van der Waals surface area contributed by atoms with Crippen LogP contribution in [-0.2, 0) is 28.6 Å². The highest BCUT2D eigenvalue weighted by atomic mass is 16.6. The molecule has 0 aromatic heterocycles. The minimum Gasteiger partial charge on any atom is -0.462 e. The van der Waals surface area contributed by atoms with E-state index in [1.54, 1.807) is 0 Å². The molecule has 0 radical (unpaired) electrons. The summed E-state index contributed by atoms with van der Waals surface area (Å²) in [5.74, 6) is 1.71. The average molecular weight is 1030 g/mol. The Balaban J connectivity index is 4.27. The van der Waals surface area contributed by atoms with Gasteiger partial charge in [-0.05, 0) is 37.0 Å². The fourth-order valence-corrected chi connectivity index (χ4v) is 10.4. The predicted molar refractivity (Wildman–Crippen MR) is 316 cm³/mol. The van der Waals surface area contributed by atoms with Crippen molar-refractivity contribution in [3.63, 3.8) is 0 Å². The van der Waals surface area contributed by atoms with Crippen molar-refractivity contribution in [2.45, 2.75) is 382 Å². The van der Waals surface area contributed by atoms with Crippen LogP contribution in [-0.4, -0.2) is 37.2 Å². The van der Waals surface area contributed by atoms with Gasteiger partial charge >= 0.3 is 17.9 Å². The first-order valence-corrected chi connectivity index (χ1v) is 33.1. The van der Waals surface area contributed by atoms with E-state index in [-0.39, 0.29) is 31.1 Å². The fourth-order valence-electron chi connectivity index (χ4n) is 10.4. The molecule has 0 aliphatic heterocycles. The summed E-state index contributed by atoms with van der Waals surface area (Å²) in [6.07, 6.45) is 63.9. The van der Waals surface area contributed by atoms with Gasteiger partial charge in [0.15, 0.2) is 6.10 Å². The van der Waals surface area contributed by atoms with E-state index >= 15 is 0 Å². The Labute approximate surface area is 457 Å². The van der Waals surface area contributed by atoms with E-state index in [1.165, 1.54) is 257 Å². The zero-order chi connectivity index (χ0) is 53.3. The van der Waals surface area contributed by atoms with Crippen molar-refractivity contribution in [3.05, 3.63) is 0 Å². The van der Waals surface area contributed by atoms with Crippen LogP contribution in [0.2, 0.25) is 0 Å². The lowest BCUT2D eigenvalue weighted by molar-refractivity contribution is -0.167. The number of rotatable bonds is 60. The first-order valence-electron chi connectivity index (χ1n) is 33.1. The molecule has 0 rings (SSSR count). The van der Waals surface area contributed by atoms with Crippen molar-refractivity contribution in [3.8, 4) is 0 Å². The second-order valence-corrected chi connectivity index (χ2v) is 24.5. The summed E-state index contributed by atoms with van der Waals surface area (Å²) in [6, 6.07) is 0. The molecule has 6 nitrogen and oxygen atoms in total. The summed E-state index contributed by atoms with van der Waals surface area (Å²) in [5, 5.41) is 0. The smallest absolute Gasteiger partial charge is 0.306 e. The molecule has 0 saturated heterocycles. The van der Waals surface area contributed by atoms with Gasteiger partial charge in [0.05, 0.1) is 0 Å². The van der Waals surface area contributed by atoms with Gasteiger partial charge in [-0.3, -0.25) is 14.4 Å². The minimum atomic E-state index is -0.765. The lowest BCUT2D eigenvalue weighted by Gasteiger charge is -2.18. The molecule has 73 heavy (non-hydrogen) atoms. The van der Waals surface area contributed by atoms with Crippen molar-refractivity contribution in [1.82, 2.24) is 0 Å². The zero-order valence-electron chi connectivity index (χ0n) is 50.4. The number of ether oxygens (including phenoxy) is 3. The van der Waals surface area contributed by atoms with Gasteiger partial charge in [-0.1, -0.05) is 337 Å². The third-order valence-corrected chi connectivity index (χ3v) is 15.4. The third kappa shape index (κ3) is 61.1. The van der Waals surface area contributed by atoms with Crippen molar-refractivity contribution >= 4 is 17.9 Å². The van der Waals surface area contributed by atoms with Gasteiger partial charge < -0.3 is 14.2 Å². The van der Waals surface area contributed by atoms with Gasteiger partial charge in [0, 0.05) is 19.3 Å². The first kappa shape index (κ1) is 71.4. The standard InChI is InChI=1S/C67H130O6/c1-61(2)53-47-41-35-29-23-17-12-9-7-8-10-14-20-26-32-38-44-50-56-65(68)71-59-64(60-72-66(69)57-51-45-39-33-27-22-16-19-25-31-37-43-49-55-63(5)6)73-67(70)58-52-46-40-34-28-21-15-11-13-18-24-30-36-42-48-54-62(3)4/h61-64H,7-60H2,1-6H3/t64-/m0/s1. The quantitative estimate of drug-likeness (QED) is 0.0343. The van der Waals surface area contributed by atoms with Crippen LogP contribution in [0, 0.1) is 17.8 Å². The SMILES string of the molecule is CC(C)CCCCCCCCCCCCCCCCCCCCC(=O)OC[C@@H](COC(=O)CCCCCCCCCCCCCCCC(C)C)OC(=O)CCCCCCCCCCCCCCCCCC(C)C. The second-order valence-electron chi connectivity index (χ2n) is 24.5. The predicted octanol–water partition coefficient (Wildman–Crippen LogP) is 22.2. The van der Waals surface area contributed by atoms with Crippen molar-refractivity contribution in [1.29, 1.82) is 0 Å². The molecule has 0 aromatic carbocycles. The van der Waals surface area contributed by atoms with Gasteiger partial charge in [-0.25, -0.2) is 0 Å². The maximum Gasteiger partial charge on any atom is 0.306 e. The van der Waals surface area contributed by atoms with Gasteiger partial charge in [-0.2, -0.15) is 0 Å². The molecule has 6 heteroatoms.